The molecule has 0 aromatic carbocycles. The molecule has 6 heteroatoms. The van der Waals surface area contributed by atoms with Gasteiger partial charge in [0.2, 0.25) is 0 Å². The van der Waals surface area contributed by atoms with Gasteiger partial charge in [-0.05, 0) is 25.2 Å². The van der Waals surface area contributed by atoms with Gasteiger partial charge in [0.05, 0.1) is 20.1 Å². The van der Waals surface area contributed by atoms with Crippen LogP contribution in [-0.4, -0.2) is 37.2 Å². The number of carbonyl (C=O) groups excluding carboxylic acids is 2. The Morgan fingerprint density at radius 3 is 2.00 bits per heavy atom. The number of carbonyl (C=O) groups is 3. The zero-order chi connectivity index (χ0) is 13.0. The minimum atomic E-state index is -1.01. The van der Waals surface area contributed by atoms with E-state index in [1.807, 2.05) is 0 Å². The molecule has 1 aliphatic rings. The minimum Gasteiger partial charge on any atom is -0.481 e. The zero-order valence-electron chi connectivity index (χ0n) is 9.84. The Kier molecular flexibility index (Phi) is 4.48. The van der Waals surface area contributed by atoms with Gasteiger partial charge in [-0.25, -0.2) is 0 Å². The van der Waals surface area contributed by atoms with Gasteiger partial charge in [-0.3, -0.25) is 14.4 Å². The van der Waals surface area contributed by atoms with Crippen LogP contribution >= 0.6 is 0 Å². The van der Waals surface area contributed by atoms with Gasteiger partial charge in [-0.1, -0.05) is 0 Å². The first-order chi connectivity index (χ1) is 8.01. The molecule has 0 aliphatic heterocycles. The first-order valence-corrected chi connectivity index (χ1v) is 5.39. The summed E-state index contributed by atoms with van der Waals surface area (Å²) in [4.78, 5) is 33.8. The van der Waals surface area contributed by atoms with Crippen molar-refractivity contribution in [1.29, 1.82) is 0 Å². The molecule has 0 amide bonds. The lowest BCUT2D eigenvalue weighted by atomic mass is 9.90. The zero-order valence-corrected chi connectivity index (χ0v) is 9.84. The van der Waals surface area contributed by atoms with E-state index in [4.69, 9.17) is 5.11 Å². The highest BCUT2D eigenvalue weighted by Gasteiger charge is 2.42. The molecule has 1 rings (SSSR count). The van der Waals surface area contributed by atoms with Crippen molar-refractivity contribution in [3.63, 3.8) is 0 Å². The van der Waals surface area contributed by atoms with Crippen LogP contribution in [0, 0.1) is 17.8 Å². The predicted molar refractivity (Wildman–Crippen MR) is 56.0 cm³/mol. The molecular weight excluding hydrogens is 228 g/mol. The van der Waals surface area contributed by atoms with Gasteiger partial charge in [0, 0.05) is 0 Å². The Morgan fingerprint density at radius 2 is 1.65 bits per heavy atom. The fourth-order valence-electron chi connectivity index (χ4n) is 2.28. The fraction of sp³-hybridized carbons (Fsp3) is 0.727. The molecule has 17 heavy (non-hydrogen) atoms. The number of carboxylic acid groups (broad SMARTS) is 1. The maximum Gasteiger partial charge on any atom is 0.320 e. The number of methoxy groups -OCH3 is 2. The number of aliphatic carboxylic acids is 1. The first kappa shape index (κ1) is 13.5. The number of esters is 2. The molecule has 6 nitrogen and oxygen atoms in total. The average Bonchev–Trinajstić information content (AvgIpc) is 2.78. The topological polar surface area (TPSA) is 89.9 Å². The smallest absolute Gasteiger partial charge is 0.320 e. The highest BCUT2D eigenvalue weighted by atomic mass is 16.5. The molecule has 1 N–H and O–H groups in total. The van der Waals surface area contributed by atoms with Crippen molar-refractivity contribution in [2.45, 2.75) is 19.3 Å². The first-order valence-electron chi connectivity index (χ1n) is 5.39. The molecule has 1 fully saturated rings. The number of ether oxygens (including phenoxy) is 2. The minimum absolute atomic E-state index is 0.309. The standard InChI is InChI=1S/C11H16O6/c1-16-10(14)8(11(15)17-2)6-3-4-7(5-6)9(12)13/h6-8H,3-5H2,1-2H3,(H,12,13)/t6-,7+/m1/s1. The summed E-state index contributed by atoms with van der Waals surface area (Å²) in [6, 6.07) is 0. The summed E-state index contributed by atoms with van der Waals surface area (Å²) in [5.41, 5.74) is 0. The average molecular weight is 244 g/mol. The van der Waals surface area contributed by atoms with Crippen LogP contribution in [0.2, 0.25) is 0 Å². The van der Waals surface area contributed by atoms with Crippen LogP contribution in [-0.2, 0) is 23.9 Å². The van der Waals surface area contributed by atoms with Crippen LogP contribution < -0.4 is 0 Å². The summed E-state index contributed by atoms with van der Waals surface area (Å²) in [6.45, 7) is 0. The van der Waals surface area contributed by atoms with E-state index in [-0.39, 0.29) is 5.92 Å². The van der Waals surface area contributed by atoms with E-state index < -0.39 is 29.7 Å². The summed E-state index contributed by atoms with van der Waals surface area (Å²) in [5.74, 6) is -4.01. The van der Waals surface area contributed by atoms with Gasteiger partial charge in [0.25, 0.3) is 0 Å². The van der Waals surface area contributed by atoms with Crippen molar-refractivity contribution in [2.75, 3.05) is 14.2 Å². The largest absolute Gasteiger partial charge is 0.481 e. The summed E-state index contributed by atoms with van der Waals surface area (Å²) >= 11 is 0. The summed E-state index contributed by atoms with van der Waals surface area (Å²) in [7, 11) is 2.39. The second-order valence-corrected chi connectivity index (χ2v) is 4.13. The van der Waals surface area contributed by atoms with Gasteiger partial charge in [0.15, 0.2) is 5.92 Å². The third-order valence-electron chi connectivity index (χ3n) is 3.20. The third-order valence-corrected chi connectivity index (χ3v) is 3.20. The van der Waals surface area contributed by atoms with E-state index in [2.05, 4.69) is 9.47 Å². The van der Waals surface area contributed by atoms with Crippen molar-refractivity contribution >= 4 is 17.9 Å². The van der Waals surface area contributed by atoms with E-state index >= 15 is 0 Å². The SMILES string of the molecule is COC(=O)C(C(=O)OC)[C@@H]1CC[C@H](C(=O)O)C1. The molecule has 1 aliphatic carbocycles. The van der Waals surface area contributed by atoms with E-state index in [1.165, 1.54) is 14.2 Å². The van der Waals surface area contributed by atoms with E-state index in [0.29, 0.717) is 19.3 Å². The van der Waals surface area contributed by atoms with Crippen LogP contribution in [0.25, 0.3) is 0 Å². The second kappa shape index (κ2) is 5.65. The number of hydrogen-bond acceptors (Lipinski definition) is 5. The molecule has 0 aromatic heterocycles. The maximum absolute atomic E-state index is 11.5. The quantitative estimate of drug-likeness (QED) is 0.570. The van der Waals surface area contributed by atoms with Crippen LogP contribution in [0.4, 0.5) is 0 Å². The summed E-state index contributed by atoms with van der Waals surface area (Å²) in [5, 5.41) is 8.87. The Balaban J connectivity index is 2.76. The summed E-state index contributed by atoms with van der Waals surface area (Å²) < 4.78 is 9.11. The Morgan fingerprint density at radius 1 is 1.12 bits per heavy atom. The maximum atomic E-state index is 11.5. The van der Waals surface area contributed by atoms with Gasteiger partial charge >= 0.3 is 17.9 Å². The van der Waals surface area contributed by atoms with Crippen molar-refractivity contribution in [1.82, 2.24) is 0 Å². The number of hydrogen-bond donors (Lipinski definition) is 1. The van der Waals surface area contributed by atoms with E-state index in [1.54, 1.807) is 0 Å². The normalized spacial score (nSPS) is 23.5. The number of carboxylic acids is 1. The van der Waals surface area contributed by atoms with Crippen molar-refractivity contribution < 1.29 is 29.0 Å². The molecule has 0 bridgehead atoms. The lowest BCUT2D eigenvalue weighted by molar-refractivity contribution is -0.162. The lowest BCUT2D eigenvalue weighted by Gasteiger charge is -2.18. The molecule has 0 aromatic rings. The monoisotopic (exact) mass is 244 g/mol. The molecular formula is C11H16O6. The van der Waals surface area contributed by atoms with Crippen molar-refractivity contribution in [2.24, 2.45) is 17.8 Å². The van der Waals surface area contributed by atoms with E-state index in [0.717, 1.165) is 0 Å². The van der Waals surface area contributed by atoms with Gasteiger partial charge < -0.3 is 14.6 Å². The molecule has 96 valence electrons. The molecule has 0 spiro atoms. The molecule has 0 radical (unpaired) electrons. The van der Waals surface area contributed by atoms with E-state index in [9.17, 15) is 14.4 Å². The predicted octanol–water partition coefficient (Wildman–Crippen LogP) is 0.449. The highest BCUT2D eigenvalue weighted by Crippen LogP contribution is 2.37. The molecule has 0 heterocycles. The number of rotatable bonds is 4. The van der Waals surface area contributed by atoms with Gasteiger partial charge in [0.1, 0.15) is 0 Å². The molecule has 0 saturated heterocycles. The Bertz CT molecular complexity index is 308. The van der Waals surface area contributed by atoms with Crippen LogP contribution in [0.15, 0.2) is 0 Å². The Hall–Kier alpha value is -1.59. The van der Waals surface area contributed by atoms with Crippen LogP contribution in [0.1, 0.15) is 19.3 Å². The van der Waals surface area contributed by atoms with Gasteiger partial charge in [-0.2, -0.15) is 0 Å². The van der Waals surface area contributed by atoms with Crippen LogP contribution in [0.3, 0.4) is 0 Å². The van der Waals surface area contributed by atoms with Gasteiger partial charge in [-0.15, -0.1) is 0 Å². The van der Waals surface area contributed by atoms with Crippen LogP contribution in [0.5, 0.6) is 0 Å². The summed E-state index contributed by atoms with van der Waals surface area (Å²) in [6.07, 6.45) is 1.31. The Labute approximate surface area is 98.9 Å². The lowest BCUT2D eigenvalue weighted by Crippen LogP contribution is -2.32. The fourth-order valence-corrected chi connectivity index (χ4v) is 2.28. The third kappa shape index (κ3) is 2.95. The van der Waals surface area contributed by atoms with Crippen molar-refractivity contribution in [3.05, 3.63) is 0 Å². The highest BCUT2D eigenvalue weighted by molar-refractivity contribution is 5.95. The second-order valence-electron chi connectivity index (χ2n) is 4.13. The molecule has 1 saturated carbocycles. The molecule has 0 unspecified atom stereocenters. The van der Waals surface area contributed by atoms with Crippen molar-refractivity contribution in [3.8, 4) is 0 Å². The molecule has 2 atom stereocenters.